The van der Waals surface area contributed by atoms with E-state index in [1.807, 2.05) is 0 Å². The Morgan fingerprint density at radius 2 is 0.905 bits per heavy atom. The maximum atomic E-state index is 10.5. The summed E-state index contributed by atoms with van der Waals surface area (Å²) in [6.07, 6.45) is 20.8. The normalized spacial score (nSPS) is 10.4. The first-order valence-electron chi connectivity index (χ1n) is 8.95. The van der Waals surface area contributed by atoms with Crippen molar-refractivity contribution in [2.75, 3.05) is 0 Å². The highest BCUT2D eigenvalue weighted by atomic mass is 35.5. The van der Waals surface area contributed by atoms with Crippen molar-refractivity contribution in [1.29, 1.82) is 0 Å². The second-order valence-electron chi connectivity index (χ2n) is 6.05. The third-order valence-electron chi connectivity index (χ3n) is 3.98. The Morgan fingerprint density at radius 1 is 0.619 bits per heavy atom. The first kappa shape index (κ1) is 23.5. The molecule has 0 atom stereocenters. The molecular formula is C18H36Cl2O. The SMILES string of the molecule is CCCCCCCCCCCCCCCCCC(=O)Cl.Cl. The first-order valence-corrected chi connectivity index (χ1v) is 9.33. The van der Waals surface area contributed by atoms with Crippen LogP contribution in [0.15, 0.2) is 0 Å². The molecule has 3 heteroatoms. The standard InChI is InChI=1S/C18H35ClO.ClH/c1-2-3-4-5-6-7-8-9-10-11-12-13-14-15-16-17-18(19)20;/h2-17H2,1H3;1H. The zero-order chi connectivity index (χ0) is 14.9. The van der Waals surface area contributed by atoms with Crippen LogP contribution in [0.25, 0.3) is 0 Å². The monoisotopic (exact) mass is 338 g/mol. The third-order valence-corrected chi connectivity index (χ3v) is 4.17. The van der Waals surface area contributed by atoms with Crippen molar-refractivity contribution in [1.82, 2.24) is 0 Å². The number of hydrogen-bond donors (Lipinski definition) is 0. The van der Waals surface area contributed by atoms with Gasteiger partial charge in [0, 0.05) is 6.42 Å². The molecule has 0 aliphatic rings. The molecule has 0 aromatic heterocycles. The van der Waals surface area contributed by atoms with E-state index in [4.69, 9.17) is 11.6 Å². The molecule has 0 saturated heterocycles. The number of carbonyl (C=O) groups is 1. The molecule has 0 aliphatic heterocycles. The van der Waals surface area contributed by atoms with Crippen LogP contribution in [0.4, 0.5) is 0 Å². The molecule has 1 nitrogen and oxygen atoms in total. The molecule has 0 N–H and O–H groups in total. The lowest BCUT2D eigenvalue weighted by Crippen LogP contribution is -1.86. The fourth-order valence-electron chi connectivity index (χ4n) is 2.64. The lowest BCUT2D eigenvalue weighted by atomic mass is 10.0. The van der Waals surface area contributed by atoms with Crippen LogP contribution in [0.2, 0.25) is 0 Å². The van der Waals surface area contributed by atoms with E-state index in [1.54, 1.807) is 0 Å². The summed E-state index contributed by atoms with van der Waals surface area (Å²) in [5.41, 5.74) is 0. The molecule has 0 fully saturated rings. The largest absolute Gasteiger partial charge is 0.281 e. The highest BCUT2D eigenvalue weighted by Gasteiger charge is 1.96. The summed E-state index contributed by atoms with van der Waals surface area (Å²) in [5.74, 6) is 0. The summed E-state index contributed by atoms with van der Waals surface area (Å²) in [6.45, 7) is 2.28. The summed E-state index contributed by atoms with van der Waals surface area (Å²) in [5, 5.41) is -0.181. The number of hydrogen-bond acceptors (Lipinski definition) is 1. The van der Waals surface area contributed by atoms with Gasteiger partial charge in [-0.05, 0) is 18.0 Å². The fourth-order valence-corrected chi connectivity index (χ4v) is 2.77. The minimum atomic E-state index is -0.181. The zero-order valence-corrected chi connectivity index (χ0v) is 15.6. The van der Waals surface area contributed by atoms with Crippen LogP contribution in [0.1, 0.15) is 110 Å². The van der Waals surface area contributed by atoms with Gasteiger partial charge in [0.2, 0.25) is 5.24 Å². The summed E-state index contributed by atoms with van der Waals surface area (Å²) >= 11 is 5.30. The van der Waals surface area contributed by atoms with Crippen LogP contribution in [0, 0.1) is 0 Å². The molecule has 0 bridgehead atoms. The van der Waals surface area contributed by atoms with Gasteiger partial charge in [0.25, 0.3) is 0 Å². The van der Waals surface area contributed by atoms with Gasteiger partial charge in [0.15, 0.2) is 0 Å². The summed E-state index contributed by atoms with van der Waals surface area (Å²) < 4.78 is 0. The van der Waals surface area contributed by atoms with Crippen LogP contribution in [-0.4, -0.2) is 5.24 Å². The number of carbonyl (C=O) groups excluding carboxylic acids is 1. The van der Waals surface area contributed by atoms with Crippen molar-refractivity contribution in [3.05, 3.63) is 0 Å². The Balaban J connectivity index is 0. The van der Waals surface area contributed by atoms with Gasteiger partial charge in [-0.1, -0.05) is 96.8 Å². The van der Waals surface area contributed by atoms with Gasteiger partial charge in [0.1, 0.15) is 0 Å². The molecule has 0 saturated carbocycles. The summed E-state index contributed by atoms with van der Waals surface area (Å²) in [7, 11) is 0. The minimum absolute atomic E-state index is 0. The van der Waals surface area contributed by atoms with Gasteiger partial charge in [-0.3, -0.25) is 4.79 Å². The number of unbranched alkanes of at least 4 members (excludes halogenated alkanes) is 14. The van der Waals surface area contributed by atoms with Crippen molar-refractivity contribution in [2.24, 2.45) is 0 Å². The zero-order valence-electron chi connectivity index (χ0n) is 14.0. The van der Waals surface area contributed by atoms with E-state index in [2.05, 4.69) is 6.92 Å². The molecule has 0 radical (unpaired) electrons. The van der Waals surface area contributed by atoms with Gasteiger partial charge in [0.05, 0.1) is 0 Å². The Morgan fingerprint density at radius 3 is 1.19 bits per heavy atom. The lowest BCUT2D eigenvalue weighted by Gasteiger charge is -2.03. The first-order chi connectivity index (χ1) is 9.77. The Hall–Kier alpha value is 0.250. The van der Waals surface area contributed by atoms with Gasteiger partial charge in [-0.15, -0.1) is 12.4 Å². The highest BCUT2D eigenvalue weighted by Crippen LogP contribution is 2.13. The predicted molar refractivity (Wildman–Crippen MR) is 97.7 cm³/mol. The molecule has 128 valence electrons. The summed E-state index contributed by atoms with van der Waals surface area (Å²) in [6, 6.07) is 0. The van der Waals surface area contributed by atoms with E-state index in [0.29, 0.717) is 6.42 Å². The molecule has 0 aromatic rings. The van der Waals surface area contributed by atoms with Crippen molar-refractivity contribution >= 4 is 29.3 Å². The average Bonchev–Trinajstić information content (AvgIpc) is 2.43. The Labute approximate surface area is 144 Å². The van der Waals surface area contributed by atoms with Crippen molar-refractivity contribution in [3.63, 3.8) is 0 Å². The van der Waals surface area contributed by atoms with Crippen molar-refractivity contribution < 1.29 is 4.79 Å². The molecule has 0 amide bonds. The molecule has 0 heterocycles. The van der Waals surface area contributed by atoms with Crippen LogP contribution >= 0.6 is 24.0 Å². The lowest BCUT2D eigenvalue weighted by molar-refractivity contribution is -0.111. The van der Waals surface area contributed by atoms with Crippen LogP contribution in [0.3, 0.4) is 0 Å². The second kappa shape index (κ2) is 20.2. The van der Waals surface area contributed by atoms with E-state index in [-0.39, 0.29) is 17.6 Å². The van der Waals surface area contributed by atoms with Gasteiger partial charge in [-0.25, -0.2) is 0 Å². The molecule has 0 rings (SSSR count). The van der Waals surface area contributed by atoms with Crippen LogP contribution < -0.4 is 0 Å². The van der Waals surface area contributed by atoms with E-state index < -0.39 is 0 Å². The van der Waals surface area contributed by atoms with E-state index in [1.165, 1.54) is 83.5 Å². The topological polar surface area (TPSA) is 17.1 Å². The van der Waals surface area contributed by atoms with Crippen LogP contribution in [0.5, 0.6) is 0 Å². The molecule has 21 heavy (non-hydrogen) atoms. The smallest absolute Gasteiger partial charge is 0.221 e. The second-order valence-corrected chi connectivity index (χ2v) is 6.48. The molecule has 0 spiro atoms. The van der Waals surface area contributed by atoms with Crippen molar-refractivity contribution in [3.8, 4) is 0 Å². The minimum Gasteiger partial charge on any atom is -0.281 e. The Bertz CT molecular complexity index is 207. The molecule has 0 aliphatic carbocycles. The average molecular weight is 339 g/mol. The maximum Gasteiger partial charge on any atom is 0.221 e. The fraction of sp³-hybridized carbons (Fsp3) is 0.944. The third kappa shape index (κ3) is 22.7. The van der Waals surface area contributed by atoms with E-state index in [9.17, 15) is 4.79 Å². The molecule has 0 aromatic carbocycles. The quantitative estimate of drug-likeness (QED) is 0.211. The van der Waals surface area contributed by atoms with Crippen molar-refractivity contribution in [2.45, 2.75) is 110 Å². The van der Waals surface area contributed by atoms with Crippen LogP contribution in [-0.2, 0) is 4.79 Å². The number of rotatable bonds is 16. The van der Waals surface area contributed by atoms with E-state index in [0.717, 1.165) is 12.8 Å². The predicted octanol–water partition coefficient (Wildman–Crippen LogP) is 7.44. The van der Waals surface area contributed by atoms with Gasteiger partial charge in [-0.2, -0.15) is 0 Å². The van der Waals surface area contributed by atoms with E-state index >= 15 is 0 Å². The highest BCUT2D eigenvalue weighted by molar-refractivity contribution is 6.63. The Kier molecular flexibility index (Phi) is 22.7. The summed E-state index contributed by atoms with van der Waals surface area (Å²) in [4.78, 5) is 10.5. The maximum absolute atomic E-state index is 10.5. The molecule has 0 unspecified atom stereocenters. The molecular weight excluding hydrogens is 303 g/mol. The number of halogens is 2. The van der Waals surface area contributed by atoms with Gasteiger partial charge >= 0.3 is 0 Å². The van der Waals surface area contributed by atoms with Gasteiger partial charge < -0.3 is 0 Å².